The van der Waals surface area contributed by atoms with Crippen molar-refractivity contribution in [3.8, 4) is 0 Å². The van der Waals surface area contributed by atoms with Crippen LogP contribution in [0.3, 0.4) is 0 Å². The van der Waals surface area contributed by atoms with Crippen molar-refractivity contribution >= 4 is 23.1 Å². The van der Waals surface area contributed by atoms with Crippen molar-refractivity contribution in [2.75, 3.05) is 35.2 Å². The highest BCUT2D eigenvalue weighted by Gasteiger charge is 2.16. The number of carbonyl (C=O) groups is 1. The summed E-state index contributed by atoms with van der Waals surface area (Å²) in [4.78, 5) is 23.7. The quantitative estimate of drug-likeness (QED) is 0.692. The molecule has 2 heterocycles. The van der Waals surface area contributed by atoms with Gasteiger partial charge in [-0.25, -0.2) is 9.97 Å². The second-order valence-electron chi connectivity index (χ2n) is 7.64. The Labute approximate surface area is 167 Å². The van der Waals surface area contributed by atoms with Gasteiger partial charge in [0.25, 0.3) is 5.91 Å². The minimum atomic E-state index is -0.219. The van der Waals surface area contributed by atoms with Crippen molar-refractivity contribution in [2.45, 2.75) is 46.5 Å². The molecule has 1 aromatic carbocycles. The van der Waals surface area contributed by atoms with E-state index in [1.165, 1.54) is 18.5 Å². The van der Waals surface area contributed by atoms with E-state index in [1.54, 1.807) is 13.0 Å². The summed E-state index contributed by atoms with van der Waals surface area (Å²) in [6, 6.07) is 9.78. The highest BCUT2D eigenvalue weighted by atomic mass is 16.1. The standard InChI is InChI=1S/C22H31N5O/c1-4-5-12-23-21-15-20(24-17(3)25-21)22(28)26-18-6-8-19(9-7-18)27-13-10-16(2)11-14-27/h6-9,15-16H,4-5,10-14H2,1-3H3,(H,26,28)(H,23,24,25). The molecule has 0 bridgehead atoms. The molecule has 1 saturated heterocycles. The van der Waals surface area contributed by atoms with Crippen LogP contribution in [0.25, 0.3) is 0 Å². The third-order valence-corrected chi connectivity index (χ3v) is 5.18. The number of aromatic nitrogens is 2. The van der Waals surface area contributed by atoms with Gasteiger partial charge in [0.05, 0.1) is 0 Å². The van der Waals surface area contributed by atoms with E-state index in [9.17, 15) is 4.79 Å². The smallest absolute Gasteiger partial charge is 0.274 e. The fourth-order valence-corrected chi connectivity index (χ4v) is 3.39. The van der Waals surface area contributed by atoms with Crippen LogP contribution in [0.2, 0.25) is 0 Å². The van der Waals surface area contributed by atoms with E-state index in [-0.39, 0.29) is 5.91 Å². The summed E-state index contributed by atoms with van der Waals surface area (Å²) in [5.41, 5.74) is 2.36. The van der Waals surface area contributed by atoms with Crippen LogP contribution in [0.1, 0.15) is 55.8 Å². The third kappa shape index (κ3) is 5.44. The van der Waals surface area contributed by atoms with Gasteiger partial charge in [-0.15, -0.1) is 0 Å². The van der Waals surface area contributed by atoms with E-state index in [0.717, 1.165) is 44.1 Å². The number of nitrogens with one attached hydrogen (secondary N) is 2. The molecule has 1 aliphatic rings. The Kier molecular flexibility index (Phi) is 6.85. The molecule has 2 aromatic rings. The first-order valence-corrected chi connectivity index (χ1v) is 10.3. The lowest BCUT2D eigenvalue weighted by molar-refractivity contribution is 0.102. The lowest BCUT2D eigenvalue weighted by Crippen LogP contribution is -2.32. The van der Waals surface area contributed by atoms with E-state index in [4.69, 9.17) is 0 Å². The van der Waals surface area contributed by atoms with Gasteiger partial charge in [-0.05, 0) is 56.4 Å². The Morgan fingerprint density at radius 3 is 2.57 bits per heavy atom. The first-order valence-electron chi connectivity index (χ1n) is 10.3. The van der Waals surface area contributed by atoms with E-state index in [2.05, 4.69) is 51.5 Å². The summed E-state index contributed by atoms with van der Waals surface area (Å²) >= 11 is 0. The zero-order chi connectivity index (χ0) is 19.9. The predicted octanol–water partition coefficient (Wildman–Crippen LogP) is 4.49. The molecule has 0 radical (unpaired) electrons. The lowest BCUT2D eigenvalue weighted by Gasteiger charge is -2.32. The van der Waals surface area contributed by atoms with Gasteiger partial charge in [0.2, 0.25) is 0 Å². The predicted molar refractivity (Wildman–Crippen MR) is 115 cm³/mol. The number of carbonyl (C=O) groups excluding carboxylic acids is 1. The van der Waals surface area contributed by atoms with Crippen LogP contribution in [-0.4, -0.2) is 35.5 Å². The van der Waals surface area contributed by atoms with Crippen LogP contribution >= 0.6 is 0 Å². The van der Waals surface area contributed by atoms with E-state index >= 15 is 0 Å². The molecule has 2 N–H and O–H groups in total. The largest absolute Gasteiger partial charge is 0.372 e. The SMILES string of the molecule is CCCCNc1cc(C(=O)Nc2ccc(N3CCC(C)CC3)cc2)nc(C)n1. The van der Waals surface area contributed by atoms with Crippen molar-refractivity contribution < 1.29 is 4.79 Å². The fourth-order valence-electron chi connectivity index (χ4n) is 3.39. The van der Waals surface area contributed by atoms with Crippen LogP contribution in [0, 0.1) is 12.8 Å². The molecular formula is C22H31N5O. The van der Waals surface area contributed by atoms with Gasteiger partial charge in [-0.1, -0.05) is 20.3 Å². The Morgan fingerprint density at radius 1 is 1.18 bits per heavy atom. The summed E-state index contributed by atoms with van der Waals surface area (Å²) in [7, 11) is 0. The van der Waals surface area contributed by atoms with Crippen LogP contribution in [0.4, 0.5) is 17.2 Å². The van der Waals surface area contributed by atoms with Gasteiger partial charge in [0, 0.05) is 37.1 Å². The van der Waals surface area contributed by atoms with Crippen LogP contribution in [0.5, 0.6) is 0 Å². The summed E-state index contributed by atoms with van der Waals surface area (Å²) in [5, 5.41) is 6.20. The molecule has 0 atom stereocenters. The first-order chi connectivity index (χ1) is 13.5. The molecule has 150 valence electrons. The monoisotopic (exact) mass is 381 g/mol. The molecule has 1 aliphatic heterocycles. The molecule has 3 rings (SSSR count). The first kappa shape index (κ1) is 20.1. The van der Waals surface area contributed by atoms with Gasteiger partial charge in [-0.2, -0.15) is 0 Å². The lowest BCUT2D eigenvalue weighted by atomic mass is 9.99. The van der Waals surface area contributed by atoms with Gasteiger partial charge in [0.1, 0.15) is 17.3 Å². The Hall–Kier alpha value is -2.63. The molecular weight excluding hydrogens is 350 g/mol. The van der Waals surface area contributed by atoms with Crippen molar-refractivity contribution in [1.82, 2.24) is 9.97 Å². The van der Waals surface area contributed by atoms with Gasteiger partial charge in [-0.3, -0.25) is 4.79 Å². The van der Waals surface area contributed by atoms with Gasteiger partial charge >= 0.3 is 0 Å². The zero-order valence-electron chi connectivity index (χ0n) is 17.2. The van der Waals surface area contributed by atoms with Crippen LogP contribution < -0.4 is 15.5 Å². The number of piperidine rings is 1. The van der Waals surface area contributed by atoms with E-state index in [1.807, 2.05) is 12.1 Å². The Balaban J connectivity index is 1.62. The molecule has 1 fully saturated rings. The maximum Gasteiger partial charge on any atom is 0.274 e. The number of anilines is 3. The van der Waals surface area contributed by atoms with Crippen molar-refractivity contribution in [3.05, 3.63) is 41.9 Å². The molecule has 1 amide bonds. The Morgan fingerprint density at radius 2 is 1.89 bits per heavy atom. The van der Waals surface area contributed by atoms with Crippen molar-refractivity contribution in [3.63, 3.8) is 0 Å². The summed E-state index contributed by atoms with van der Waals surface area (Å²) in [5.74, 6) is 1.87. The molecule has 6 nitrogen and oxygen atoms in total. The second kappa shape index (κ2) is 9.53. The third-order valence-electron chi connectivity index (χ3n) is 5.18. The maximum atomic E-state index is 12.6. The summed E-state index contributed by atoms with van der Waals surface area (Å²) in [6.07, 6.45) is 4.64. The zero-order valence-corrected chi connectivity index (χ0v) is 17.2. The van der Waals surface area contributed by atoms with Crippen molar-refractivity contribution in [1.29, 1.82) is 0 Å². The number of rotatable bonds is 7. The van der Waals surface area contributed by atoms with E-state index < -0.39 is 0 Å². The average molecular weight is 382 g/mol. The molecule has 28 heavy (non-hydrogen) atoms. The van der Waals surface area contributed by atoms with Gasteiger partial charge < -0.3 is 15.5 Å². The molecule has 0 aliphatic carbocycles. The number of aryl methyl sites for hydroxylation is 1. The molecule has 0 saturated carbocycles. The average Bonchev–Trinajstić information content (AvgIpc) is 2.69. The topological polar surface area (TPSA) is 70.2 Å². The highest BCUT2D eigenvalue weighted by molar-refractivity contribution is 6.03. The van der Waals surface area contributed by atoms with Crippen LogP contribution in [-0.2, 0) is 0 Å². The number of amides is 1. The summed E-state index contributed by atoms with van der Waals surface area (Å²) < 4.78 is 0. The second-order valence-corrected chi connectivity index (χ2v) is 7.64. The molecule has 1 aromatic heterocycles. The number of hydrogen-bond donors (Lipinski definition) is 2. The number of nitrogens with zero attached hydrogens (tertiary/aromatic N) is 3. The number of hydrogen-bond acceptors (Lipinski definition) is 5. The normalized spacial score (nSPS) is 14.8. The maximum absolute atomic E-state index is 12.6. The summed E-state index contributed by atoms with van der Waals surface area (Å²) in [6.45, 7) is 9.29. The molecule has 6 heteroatoms. The number of benzene rings is 1. The molecule has 0 unspecified atom stereocenters. The van der Waals surface area contributed by atoms with Crippen LogP contribution in [0.15, 0.2) is 30.3 Å². The van der Waals surface area contributed by atoms with Gasteiger partial charge in [0.15, 0.2) is 0 Å². The minimum Gasteiger partial charge on any atom is -0.372 e. The number of unbranched alkanes of at least 4 members (excludes halogenated alkanes) is 1. The molecule has 0 spiro atoms. The van der Waals surface area contributed by atoms with E-state index in [0.29, 0.717) is 17.3 Å². The minimum absolute atomic E-state index is 0.219. The highest BCUT2D eigenvalue weighted by Crippen LogP contribution is 2.24. The fraction of sp³-hybridized carbons (Fsp3) is 0.500. The Bertz CT molecular complexity index is 782. The van der Waals surface area contributed by atoms with Crippen molar-refractivity contribution in [2.24, 2.45) is 5.92 Å².